The van der Waals surface area contributed by atoms with Crippen molar-refractivity contribution < 1.29 is 14.7 Å². The Hall–Kier alpha value is -1.10. The van der Waals surface area contributed by atoms with Crippen LogP contribution in [0.15, 0.2) is 0 Å². The van der Waals surface area contributed by atoms with E-state index in [9.17, 15) is 9.59 Å². The Labute approximate surface area is 96.8 Å². The molecule has 0 aromatic rings. The van der Waals surface area contributed by atoms with Crippen LogP contribution in [0.1, 0.15) is 32.6 Å². The van der Waals surface area contributed by atoms with Crippen molar-refractivity contribution in [2.45, 2.75) is 32.6 Å². The molecule has 5 nitrogen and oxygen atoms in total. The van der Waals surface area contributed by atoms with Crippen LogP contribution in [0.3, 0.4) is 0 Å². The summed E-state index contributed by atoms with van der Waals surface area (Å²) in [6, 6.07) is 0. The van der Waals surface area contributed by atoms with E-state index in [4.69, 9.17) is 5.11 Å². The number of aliphatic carboxylic acids is 1. The van der Waals surface area contributed by atoms with Gasteiger partial charge < -0.3 is 10.4 Å². The third kappa shape index (κ3) is 8.23. The molecule has 0 fully saturated rings. The lowest BCUT2D eigenvalue weighted by atomic mass is 10.2. The number of carboxylic acids is 1. The normalized spacial score (nSPS) is 10.4. The van der Waals surface area contributed by atoms with E-state index in [0.29, 0.717) is 13.0 Å². The number of amides is 1. The summed E-state index contributed by atoms with van der Waals surface area (Å²) in [5, 5.41) is 11.0. The fourth-order valence-electron chi connectivity index (χ4n) is 1.42. The molecule has 0 radical (unpaired) electrons. The zero-order valence-electron chi connectivity index (χ0n) is 10.2. The van der Waals surface area contributed by atoms with Gasteiger partial charge in [0.25, 0.3) is 0 Å². The van der Waals surface area contributed by atoms with Crippen molar-refractivity contribution in [1.82, 2.24) is 10.2 Å². The molecule has 0 aromatic heterocycles. The second-order valence-electron chi connectivity index (χ2n) is 3.75. The average Bonchev–Trinajstić information content (AvgIpc) is 2.26. The number of nitrogens with zero attached hydrogens (tertiary/aromatic N) is 1. The predicted octanol–water partition coefficient (Wildman–Crippen LogP) is 0.699. The van der Waals surface area contributed by atoms with Gasteiger partial charge >= 0.3 is 5.97 Å². The minimum atomic E-state index is -0.738. The number of hydrogen-bond acceptors (Lipinski definition) is 3. The quantitative estimate of drug-likeness (QED) is 0.572. The molecule has 94 valence electrons. The number of carbonyl (C=O) groups is 2. The van der Waals surface area contributed by atoms with Gasteiger partial charge in [0, 0.05) is 13.5 Å². The summed E-state index contributed by atoms with van der Waals surface area (Å²) < 4.78 is 0. The van der Waals surface area contributed by atoms with Crippen molar-refractivity contribution in [3.8, 4) is 0 Å². The summed E-state index contributed by atoms with van der Waals surface area (Å²) in [6.45, 7) is 4.13. The van der Waals surface area contributed by atoms with Crippen LogP contribution >= 0.6 is 0 Å². The molecule has 0 aliphatic rings. The lowest BCUT2D eigenvalue weighted by Crippen LogP contribution is -2.36. The fourth-order valence-corrected chi connectivity index (χ4v) is 1.42. The molecule has 0 unspecified atom stereocenters. The highest BCUT2D eigenvalue weighted by Gasteiger charge is 2.06. The summed E-state index contributed by atoms with van der Waals surface area (Å²) in [7, 11) is 1.63. The molecular formula is C11H22N2O3. The summed E-state index contributed by atoms with van der Waals surface area (Å²) in [5.74, 6) is -0.718. The maximum Gasteiger partial charge on any atom is 0.303 e. The third-order valence-electron chi connectivity index (χ3n) is 2.46. The lowest BCUT2D eigenvalue weighted by Gasteiger charge is -2.18. The molecular weight excluding hydrogens is 208 g/mol. The van der Waals surface area contributed by atoms with Gasteiger partial charge in [0.2, 0.25) is 5.91 Å². The summed E-state index contributed by atoms with van der Waals surface area (Å²) in [4.78, 5) is 23.5. The molecule has 0 aromatic carbocycles. The molecule has 0 heterocycles. The molecule has 0 aliphatic heterocycles. The summed E-state index contributed by atoms with van der Waals surface area (Å²) in [5.41, 5.74) is 0. The van der Waals surface area contributed by atoms with Gasteiger partial charge in [0.1, 0.15) is 0 Å². The van der Waals surface area contributed by atoms with Gasteiger partial charge in [-0.25, -0.2) is 0 Å². The Morgan fingerprint density at radius 3 is 2.44 bits per heavy atom. The first-order chi connectivity index (χ1) is 7.60. The number of likely N-dealkylation sites (N-methyl/N-ethyl adjacent to an activating group) is 2. The van der Waals surface area contributed by atoms with E-state index in [0.717, 1.165) is 25.9 Å². The molecule has 1 amide bonds. The monoisotopic (exact) mass is 230 g/mol. The lowest BCUT2D eigenvalue weighted by molar-refractivity contribution is -0.137. The SMILES string of the molecule is CCN(CCCCCC(=O)O)CC(=O)NC. The topological polar surface area (TPSA) is 69.6 Å². The van der Waals surface area contributed by atoms with Crippen LogP contribution < -0.4 is 5.32 Å². The van der Waals surface area contributed by atoms with E-state index in [1.54, 1.807) is 7.05 Å². The van der Waals surface area contributed by atoms with E-state index in [2.05, 4.69) is 10.2 Å². The van der Waals surface area contributed by atoms with Crippen LogP contribution in [0.5, 0.6) is 0 Å². The zero-order valence-corrected chi connectivity index (χ0v) is 10.2. The average molecular weight is 230 g/mol. The Morgan fingerprint density at radius 1 is 1.25 bits per heavy atom. The molecule has 0 aliphatic carbocycles. The number of hydrogen-bond donors (Lipinski definition) is 2. The van der Waals surface area contributed by atoms with Crippen molar-refractivity contribution in [2.75, 3.05) is 26.7 Å². The van der Waals surface area contributed by atoms with Gasteiger partial charge in [-0.1, -0.05) is 13.3 Å². The second-order valence-corrected chi connectivity index (χ2v) is 3.75. The standard InChI is InChI=1S/C11H22N2O3/c1-3-13(9-10(14)12-2)8-6-4-5-7-11(15)16/h3-9H2,1-2H3,(H,12,14)(H,15,16). The highest BCUT2D eigenvalue weighted by Crippen LogP contribution is 2.01. The Morgan fingerprint density at radius 2 is 1.94 bits per heavy atom. The van der Waals surface area contributed by atoms with Crippen LogP contribution in [0.2, 0.25) is 0 Å². The number of carbonyl (C=O) groups excluding carboxylic acids is 1. The molecule has 0 saturated heterocycles. The molecule has 0 spiro atoms. The van der Waals surface area contributed by atoms with Crippen molar-refractivity contribution in [3.05, 3.63) is 0 Å². The van der Waals surface area contributed by atoms with E-state index in [-0.39, 0.29) is 12.3 Å². The molecule has 0 atom stereocenters. The van der Waals surface area contributed by atoms with Gasteiger partial charge in [-0.3, -0.25) is 14.5 Å². The Balaban J connectivity index is 3.55. The maximum absolute atomic E-state index is 11.1. The van der Waals surface area contributed by atoms with Crippen LogP contribution in [0.4, 0.5) is 0 Å². The molecule has 5 heteroatoms. The van der Waals surface area contributed by atoms with Gasteiger partial charge in [0.15, 0.2) is 0 Å². The van der Waals surface area contributed by atoms with Crippen molar-refractivity contribution >= 4 is 11.9 Å². The molecule has 0 rings (SSSR count). The van der Waals surface area contributed by atoms with E-state index in [1.807, 2.05) is 6.92 Å². The number of rotatable bonds is 9. The van der Waals surface area contributed by atoms with Gasteiger partial charge in [-0.05, 0) is 25.9 Å². The largest absolute Gasteiger partial charge is 0.481 e. The number of carboxylic acid groups (broad SMARTS) is 1. The number of unbranched alkanes of at least 4 members (excludes halogenated alkanes) is 2. The first kappa shape index (κ1) is 14.9. The molecule has 16 heavy (non-hydrogen) atoms. The summed E-state index contributed by atoms with van der Waals surface area (Å²) >= 11 is 0. The highest BCUT2D eigenvalue weighted by molar-refractivity contribution is 5.77. The Kier molecular flexibility index (Phi) is 8.52. The zero-order chi connectivity index (χ0) is 12.4. The molecule has 0 bridgehead atoms. The highest BCUT2D eigenvalue weighted by atomic mass is 16.4. The first-order valence-electron chi connectivity index (χ1n) is 5.74. The van der Waals surface area contributed by atoms with Gasteiger partial charge in [-0.2, -0.15) is 0 Å². The maximum atomic E-state index is 11.1. The van der Waals surface area contributed by atoms with Crippen molar-refractivity contribution in [1.29, 1.82) is 0 Å². The fraction of sp³-hybridized carbons (Fsp3) is 0.818. The van der Waals surface area contributed by atoms with Crippen LogP contribution in [-0.4, -0.2) is 48.6 Å². The van der Waals surface area contributed by atoms with Crippen molar-refractivity contribution in [3.63, 3.8) is 0 Å². The minimum absolute atomic E-state index is 0.0207. The molecule has 2 N–H and O–H groups in total. The second kappa shape index (κ2) is 9.15. The molecule has 0 saturated carbocycles. The number of nitrogens with one attached hydrogen (secondary N) is 1. The van der Waals surface area contributed by atoms with Gasteiger partial charge in [0.05, 0.1) is 6.54 Å². The smallest absolute Gasteiger partial charge is 0.303 e. The van der Waals surface area contributed by atoms with Crippen LogP contribution in [0.25, 0.3) is 0 Å². The van der Waals surface area contributed by atoms with Crippen LogP contribution in [-0.2, 0) is 9.59 Å². The van der Waals surface area contributed by atoms with E-state index in [1.165, 1.54) is 0 Å². The van der Waals surface area contributed by atoms with Gasteiger partial charge in [-0.15, -0.1) is 0 Å². The van der Waals surface area contributed by atoms with E-state index < -0.39 is 5.97 Å². The minimum Gasteiger partial charge on any atom is -0.481 e. The van der Waals surface area contributed by atoms with Crippen molar-refractivity contribution in [2.24, 2.45) is 0 Å². The van der Waals surface area contributed by atoms with Crippen LogP contribution in [0, 0.1) is 0 Å². The first-order valence-corrected chi connectivity index (χ1v) is 5.74. The third-order valence-corrected chi connectivity index (χ3v) is 2.46. The predicted molar refractivity (Wildman–Crippen MR) is 62.3 cm³/mol. The Bertz CT molecular complexity index is 219. The van der Waals surface area contributed by atoms with E-state index >= 15 is 0 Å². The summed E-state index contributed by atoms with van der Waals surface area (Å²) in [6.07, 6.45) is 2.79.